The number of aldehydes is 1. The Balaban J connectivity index is 2.53. The first-order valence-corrected chi connectivity index (χ1v) is 4.64. The SMILES string of the molecule is O=CC1=Cc2ccccc2SN=C1. The minimum atomic E-state index is 0.609. The first kappa shape index (κ1) is 8.26. The highest BCUT2D eigenvalue weighted by molar-refractivity contribution is 7.98. The molecule has 0 atom stereocenters. The van der Waals surface area contributed by atoms with Crippen molar-refractivity contribution >= 4 is 30.5 Å². The molecule has 0 amide bonds. The molecule has 0 aromatic heterocycles. The van der Waals surface area contributed by atoms with Crippen LogP contribution in [0.2, 0.25) is 0 Å². The van der Waals surface area contributed by atoms with E-state index < -0.39 is 0 Å². The molecule has 2 nitrogen and oxygen atoms in total. The van der Waals surface area contributed by atoms with Gasteiger partial charge in [-0.15, -0.1) is 0 Å². The standard InChI is InChI=1S/C10H7NOS/c12-7-8-5-9-3-1-2-4-10(9)13-11-6-8/h1-7H. The number of carbonyl (C=O) groups is 1. The van der Waals surface area contributed by atoms with Crippen LogP contribution in [0.3, 0.4) is 0 Å². The monoisotopic (exact) mass is 189 g/mol. The summed E-state index contributed by atoms with van der Waals surface area (Å²) in [5.41, 5.74) is 1.66. The molecule has 0 saturated carbocycles. The fraction of sp³-hybridized carbons (Fsp3) is 0. The zero-order valence-electron chi connectivity index (χ0n) is 6.81. The number of fused-ring (bicyclic) bond motifs is 1. The Morgan fingerprint density at radius 2 is 2.15 bits per heavy atom. The second kappa shape index (κ2) is 3.58. The quantitative estimate of drug-likeness (QED) is 0.501. The Bertz CT molecular complexity index is 396. The van der Waals surface area contributed by atoms with Gasteiger partial charge in [-0.3, -0.25) is 4.79 Å². The maximum Gasteiger partial charge on any atom is 0.151 e. The Morgan fingerprint density at radius 1 is 1.31 bits per heavy atom. The van der Waals surface area contributed by atoms with Crippen LogP contribution in [0.5, 0.6) is 0 Å². The molecule has 0 bridgehead atoms. The van der Waals surface area contributed by atoms with Crippen LogP contribution in [0, 0.1) is 0 Å². The average molecular weight is 189 g/mol. The van der Waals surface area contributed by atoms with Gasteiger partial charge >= 0.3 is 0 Å². The van der Waals surface area contributed by atoms with Crippen molar-refractivity contribution in [3.05, 3.63) is 35.4 Å². The number of allylic oxidation sites excluding steroid dienone is 1. The van der Waals surface area contributed by atoms with E-state index in [-0.39, 0.29) is 0 Å². The summed E-state index contributed by atoms with van der Waals surface area (Å²) in [5, 5.41) is 0. The van der Waals surface area contributed by atoms with Crippen molar-refractivity contribution in [2.75, 3.05) is 0 Å². The maximum absolute atomic E-state index is 10.6. The van der Waals surface area contributed by atoms with Crippen molar-refractivity contribution < 1.29 is 4.79 Å². The molecular weight excluding hydrogens is 182 g/mol. The molecule has 3 heteroatoms. The van der Waals surface area contributed by atoms with Gasteiger partial charge in [0.05, 0.1) is 0 Å². The van der Waals surface area contributed by atoms with E-state index in [4.69, 9.17) is 0 Å². The normalized spacial score (nSPS) is 14.3. The molecule has 13 heavy (non-hydrogen) atoms. The summed E-state index contributed by atoms with van der Waals surface area (Å²) >= 11 is 1.39. The third-order valence-electron chi connectivity index (χ3n) is 1.73. The van der Waals surface area contributed by atoms with Crippen LogP contribution in [-0.4, -0.2) is 12.5 Å². The van der Waals surface area contributed by atoms with E-state index in [1.165, 1.54) is 11.9 Å². The average Bonchev–Trinajstić information content (AvgIpc) is 2.38. The zero-order chi connectivity index (χ0) is 9.10. The highest BCUT2D eigenvalue weighted by Gasteiger charge is 2.03. The molecule has 0 fully saturated rings. The second-order valence-electron chi connectivity index (χ2n) is 2.63. The summed E-state index contributed by atoms with van der Waals surface area (Å²) in [6.07, 6.45) is 4.23. The minimum absolute atomic E-state index is 0.609. The highest BCUT2D eigenvalue weighted by atomic mass is 32.2. The Kier molecular flexibility index (Phi) is 2.27. The molecule has 0 saturated heterocycles. The molecule has 1 aliphatic rings. The van der Waals surface area contributed by atoms with Gasteiger partial charge in [0, 0.05) is 28.6 Å². The van der Waals surface area contributed by atoms with Crippen molar-refractivity contribution in [3.63, 3.8) is 0 Å². The largest absolute Gasteiger partial charge is 0.298 e. The van der Waals surface area contributed by atoms with Crippen LogP contribution < -0.4 is 0 Å². The smallest absolute Gasteiger partial charge is 0.151 e. The topological polar surface area (TPSA) is 29.4 Å². The van der Waals surface area contributed by atoms with E-state index in [2.05, 4.69) is 4.40 Å². The first-order chi connectivity index (χ1) is 6.40. The van der Waals surface area contributed by atoms with Crippen molar-refractivity contribution in [2.45, 2.75) is 4.90 Å². The predicted molar refractivity (Wildman–Crippen MR) is 54.8 cm³/mol. The van der Waals surface area contributed by atoms with E-state index in [1.54, 1.807) is 6.21 Å². The van der Waals surface area contributed by atoms with Crippen molar-refractivity contribution in [3.8, 4) is 0 Å². The number of carbonyl (C=O) groups excluding carboxylic acids is 1. The number of hydrogen-bond donors (Lipinski definition) is 0. The Labute approximate surface area is 80.5 Å². The van der Waals surface area contributed by atoms with Crippen LogP contribution in [0.15, 0.2) is 39.1 Å². The maximum atomic E-state index is 10.6. The van der Waals surface area contributed by atoms with Gasteiger partial charge in [-0.05, 0) is 17.7 Å². The van der Waals surface area contributed by atoms with Gasteiger partial charge in [0.15, 0.2) is 6.29 Å². The molecule has 64 valence electrons. The van der Waals surface area contributed by atoms with E-state index in [0.717, 1.165) is 16.7 Å². The Morgan fingerprint density at radius 3 is 3.00 bits per heavy atom. The molecule has 0 aliphatic carbocycles. The van der Waals surface area contributed by atoms with Gasteiger partial charge in [0.2, 0.25) is 0 Å². The lowest BCUT2D eigenvalue weighted by atomic mass is 10.1. The fourth-order valence-electron chi connectivity index (χ4n) is 1.11. The molecule has 1 aliphatic heterocycles. The van der Waals surface area contributed by atoms with Crippen LogP contribution in [0.4, 0.5) is 0 Å². The lowest BCUT2D eigenvalue weighted by Gasteiger charge is -1.97. The van der Waals surface area contributed by atoms with Gasteiger partial charge in [0.1, 0.15) is 0 Å². The predicted octanol–water partition coefficient (Wildman–Crippen LogP) is 2.36. The lowest BCUT2D eigenvalue weighted by Crippen LogP contribution is -1.83. The van der Waals surface area contributed by atoms with E-state index in [9.17, 15) is 4.79 Å². The third-order valence-corrected chi connectivity index (χ3v) is 2.51. The zero-order valence-corrected chi connectivity index (χ0v) is 7.62. The van der Waals surface area contributed by atoms with Crippen LogP contribution in [0.1, 0.15) is 5.56 Å². The van der Waals surface area contributed by atoms with Crippen LogP contribution >= 0.6 is 11.9 Å². The van der Waals surface area contributed by atoms with Gasteiger partial charge < -0.3 is 0 Å². The lowest BCUT2D eigenvalue weighted by molar-refractivity contribution is -0.104. The van der Waals surface area contributed by atoms with Gasteiger partial charge in [-0.2, -0.15) is 0 Å². The van der Waals surface area contributed by atoms with E-state index in [0.29, 0.717) is 5.57 Å². The molecule has 2 rings (SSSR count). The summed E-state index contributed by atoms with van der Waals surface area (Å²) in [5.74, 6) is 0. The first-order valence-electron chi connectivity index (χ1n) is 3.86. The van der Waals surface area contributed by atoms with E-state index >= 15 is 0 Å². The molecular formula is C10H7NOS. The van der Waals surface area contributed by atoms with Crippen molar-refractivity contribution in [1.82, 2.24) is 0 Å². The summed E-state index contributed by atoms with van der Waals surface area (Å²) in [4.78, 5) is 11.6. The molecule has 0 radical (unpaired) electrons. The highest BCUT2D eigenvalue weighted by Crippen LogP contribution is 2.27. The molecule has 1 heterocycles. The third kappa shape index (κ3) is 1.70. The second-order valence-corrected chi connectivity index (χ2v) is 3.46. The van der Waals surface area contributed by atoms with Gasteiger partial charge in [-0.25, -0.2) is 4.40 Å². The summed E-state index contributed by atoms with van der Waals surface area (Å²) in [7, 11) is 0. The fourth-order valence-corrected chi connectivity index (χ4v) is 1.77. The van der Waals surface area contributed by atoms with Gasteiger partial charge in [-0.1, -0.05) is 18.2 Å². The van der Waals surface area contributed by atoms with Gasteiger partial charge in [0.25, 0.3) is 0 Å². The minimum Gasteiger partial charge on any atom is -0.298 e. The molecule has 0 N–H and O–H groups in total. The number of hydrogen-bond acceptors (Lipinski definition) is 3. The summed E-state index contributed by atoms with van der Waals surface area (Å²) in [6, 6.07) is 7.87. The van der Waals surface area contributed by atoms with Crippen molar-refractivity contribution in [2.24, 2.45) is 4.40 Å². The Hall–Kier alpha value is -1.35. The molecule has 0 unspecified atom stereocenters. The molecule has 0 spiro atoms. The van der Waals surface area contributed by atoms with E-state index in [1.807, 2.05) is 30.3 Å². The molecule has 1 aromatic rings. The number of nitrogens with zero attached hydrogens (tertiary/aromatic N) is 1. The summed E-state index contributed by atoms with van der Waals surface area (Å²) in [6.45, 7) is 0. The number of benzene rings is 1. The van der Waals surface area contributed by atoms with Crippen LogP contribution in [0.25, 0.3) is 6.08 Å². The van der Waals surface area contributed by atoms with Crippen LogP contribution in [-0.2, 0) is 4.79 Å². The number of rotatable bonds is 1. The molecule has 1 aromatic carbocycles. The summed E-state index contributed by atoms with van der Waals surface area (Å²) < 4.78 is 4.06. The van der Waals surface area contributed by atoms with Crippen molar-refractivity contribution in [1.29, 1.82) is 0 Å².